The smallest absolute Gasteiger partial charge is 0.254 e. The van der Waals surface area contributed by atoms with Crippen LogP contribution in [-0.2, 0) is 0 Å². The van der Waals surface area contributed by atoms with Gasteiger partial charge < -0.3 is 10.2 Å². The summed E-state index contributed by atoms with van der Waals surface area (Å²) >= 11 is 1.99. The van der Waals surface area contributed by atoms with Crippen molar-refractivity contribution < 1.29 is 9.18 Å². The van der Waals surface area contributed by atoms with E-state index in [9.17, 15) is 9.18 Å². The number of carbonyl (C=O) groups excluding carboxylic acids is 1. The summed E-state index contributed by atoms with van der Waals surface area (Å²) in [5.41, 5.74) is 0.571. The quantitative estimate of drug-likeness (QED) is 0.828. The molecule has 1 aliphatic rings. The van der Waals surface area contributed by atoms with Gasteiger partial charge in [0.25, 0.3) is 5.91 Å². The third-order valence-corrected chi connectivity index (χ3v) is 3.96. The third kappa shape index (κ3) is 2.77. The van der Waals surface area contributed by atoms with E-state index in [2.05, 4.69) is 5.32 Å². The molecule has 1 aromatic rings. The maximum Gasteiger partial charge on any atom is 0.254 e. The Balaban J connectivity index is 2.18. The number of amides is 1. The lowest BCUT2D eigenvalue weighted by atomic mass is 10.1. The number of likely N-dealkylation sites (N-methyl/N-ethyl adjacent to an activating group) is 1. The summed E-state index contributed by atoms with van der Waals surface area (Å²) in [6.45, 7) is 1.78. The lowest BCUT2D eigenvalue weighted by molar-refractivity contribution is 0.0742. The zero-order chi connectivity index (χ0) is 12.4. The zero-order valence-corrected chi connectivity index (χ0v) is 11.7. The van der Waals surface area contributed by atoms with E-state index in [0.717, 1.165) is 19.5 Å². The Morgan fingerprint density at radius 3 is 2.94 bits per heavy atom. The van der Waals surface area contributed by atoms with E-state index < -0.39 is 0 Å². The second-order valence-electron chi connectivity index (χ2n) is 4.19. The first kappa shape index (κ1) is 12.8. The topological polar surface area (TPSA) is 32.3 Å². The van der Waals surface area contributed by atoms with Crippen LogP contribution in [0.2, 0.25) is 0 Å². The molecule has 1 amide bonds. The first-order chi connectivity index (χ1) is 8.09. The molecule has 1 fully saturated rings. The van der Waals surface area contributed by atoms with Crippen molar-refractivity contribution in [3.63, 3.8) is 0 Å². The number of hydrogen-bond donors (Lipinski definition) is 1. The molecule has 0 aliphatic carbocycles. The number of nitrogens with zero attached hydrogens (tertiary/aromatic N) is 1. The molecule has 1 atom stereocenters. The fraction of sp³-hybridized carbons (Fsp3) is 0.417. The molecule has 0 radical (unpaired) electrons. The van der Waals surface area contributed by atoms with E-state index in [0.29, 0.717) is 9.13 Å². The molecule has 1 aliphatic heterocycles. The standard InChI is InChI=1S/C12H14FIN2O/c1-16(9-4-5-15-7-9)12(17)10-3-2-8(13)6-11(10)14/h2-3,6,9,15H,4-5,7H2,1H3. The fourth-order valence-corrected chi connectivity index (χ4v) is 2.70. The van der Waals surface area contributed by atoms with Crippen LogP contribution in [0.4, 0.5) is 4.39 Å². The average Bonchev–Trinajstić information content (AvgIpc) is 2.80. The van der Waals surface area contributed by atoms with Gasteiger partial charge in [-0.3, -0.25) is 4.79 Å². The van der Waals surface area contributed by atoms with Gasteiger partial charge in [0.1, 0.15) is 5.82 Å². The maximum atomic E-state index is 13.0. The molecule has 92 valence electrons. The van der Waals surface area contributed by atoms with Crippen molar-refractivity contribution in [3.05, 3.63) is 33.1 Å². The van der Waals surface area contributed by atoms with Gasteiger partial charge in [0.05, 0.1) is 5.56 Å². The van der Waals surface area contributed by atoms with Crippen molar-refractivity contribution in [2.45, 2.75) is 12.5 Å². The Kier molecular flexibility index (Phi) is 3.98. The minimum atomic E-state index is -0.309. The summed E-state index contributed by atoms with van der Waals surface area (Å²) in [5.74, 6) is -0.348. The number of rotatable bonds is 2. The number of hydrogen-bond acceptors (Lipinski definition) is 2. The first-order valence-electron chi connectivity index (χ1n) is 5.52. The van der Waals surface area contributed by atoms with Crippen molar-refractivity contribution in [2.75, 3.05) is 20.1 Å². The van der Waals surface area contributed by atoms with Crippen LogP contribution in [0.5, 0.6) is 0 Å². The normalized spacial score (nSPS) is 19.4. The lowest BCUT2D eigenvalue weighted by Gasteiger charge is -2.24. The van der Waals surface area contributed by atoms with Gasteiger partial charge >= 0.3 is 0 Å². The van der Waals surface area contributed by atoms with Gasteiger partial charge in [0, 0.05) is 23.2 Å². The predicted molar refractivity (Wildman–Crippen MR) is 72.5 cm³/mol. The SMILES string of the molecule is CN(C(=O)c1ccc(F)cc1I)C1CCNC1. The molecular weight excluding hydrogens is 334 g/mol. The van der Waals surface area contributed by atoms with Crippen LogP contribution < -0.4 is 5.32 Å². The summed E-state index contributed by atoms with van der Waals surface area (Å²) in [6, 6.07) is 4.51. The van der Waals surface area contributed by atoms with Crippen molar-refractivity contribution in [3.8, 4) is 0 Å². The number of halogens is 2. The molecule has 1 saturated heterocycles. The van der Waals surface area contributed by atoms with Gasteiger partial charge in [0.15, 0.2) is 0 Å². The van der Waals surface area contributed by atoms with Crippen LogP contribution in [0.3, 0.4) is 0 Å². The van der Waals surface area contributed by atoms with Crippen LogP contribution in [0.25, 0.3) is 0 Å². The summed E-state index contributed by atoms with van der Waals surface area (Å²) in [6.07, 6.45) is 0.972. The second kappa shape index (κ2) is 5.30. The second-order valence-corrected chi connectivity index (χ2v) is 5.35. The van der Waals surface area contributed by atoms with E-state index in [4.69, 9.17) is 0 Å². The molecule has 1 N–H and O–H groups in total. The van der Waals surface area contributed by atoms with E-state index >= 15 is 0 Å². The van der Waals surface area contributed by atoms with E-state index in [1.54, 1.807) is 18.0 Å². The highest BCUT2D eigenvalue weighted by molar-refractivity contribution is 14.1. The van der Waals surface area contributed by atoms with Gasteiger partial charge in [0.2, 0.25) is 0 Å². The highest BCUT2D eigenvalue weighted by Crippen LogP contribution is 2.18. The van der Waals surface area contributed by atoms with Crippen molar-refractivity contribution >= 4 is 28.5 Å². The summed E-state index contributed by atoms with van der Waals surface area (Å²) in [4.78, 5) is 14.0. The fourth-order valence-electron chi connectivity index (χ4n) is 1.99. The van der Waals surface area contributed by atoms with Gasteiger partial charge in [-0.15, -0.1) is 0 Å². The van der Waals surface area contributed by atoms with E-state index in [1.807, 2.05) is 22.6 Å². The zero-order valence-electron chi connectivity index (χ0n) is 9.54. The summed E-state index contributed by atoms with van der Waals surface area (Å²) in [5, 5.41) is 3.23. The average molecular weight is 348 g/mol. The Hall–Kier alpha value is -0.690. The van der Waals surface area contributed by atoms with E-state index in [-0.39, 0.29) is 17.8 Å². The van der Waals surface area contributed by atoms with Crippen LogP contribution >= 0.6 is 22.6 Å². The molecule has 1 heterocycles. The molecule has 17 heavy (non-hydrogen) atoms. The largest absolute Gasteiger partial charge is 0.337 e. The van der Waals surface area contributed by atoms with E-state index in [1.165, 1.54) is 12.1 Å². The molecule has 0 bridgehead atoms. The Bertz CT molecular complexity index is 433. The maximum absolute atomic E-state index is 13.0. The van der Waals surface area contributed by atoms with Gasteiger partial charge in [-0.2, -0.15) is 0 Å². The van der Waals surface area contributed by atoms with Crippen LogP contribution in [0.1, 0.15) is 16.8 Å². The van der Waals surface area contributed by atoms with Crippen LogP contribution in [-0.4, -0.2) is 37.0 Å². The Morgan fingerprint density at radius 1 is 1.59 bits per heavy atom. The van der Waals surface area contributed by atoms with Gasteiger partial charge in [-0.05, 0) is 53.8 Å². The monoisotopic (exact) mass is 348 g/mol. The molecule has 0 saturated carbocycles. The summed E-state index contributed by atoms with van der Waals surface area (Å²) < 4.78 is 13.6. The number of nitrogens with one attached hydrogen (secondary N) is 1. The minimum absolute atomic E-state index is 0.0388. The molecule has 1 unspecified atom stereocenters. The van der Waals surface area contributed by atoms with Crippen molar-refractivity contribution in [2.24, 2.45) is 0 Å². The molecular formula is C12H14FIN2O. The predicted octanol–water partition coefficient (Wildman–Crippen LogP) is 1.86. The number of carbonyl (C=O) groups is 1. The summed E-state index contributed by atoms with van der Waals surface area (Å²) in [7, 11) is 1.80. The van der Waals surface area contributed by atoms with Crippen LogP contribution in [0, 0.1) is 9.39 Å². The lowest BCUT2D eigenvalue weighted by Crippen LogP contribution is -2.38. The van der Waals surface area contributed by atoms with Crippen molar-refractivity contribution in [1.29, 1.82) is 0 Å². The minimum Gasteiger partial charge on any atom is -0.337 e. The molecule has 3 nitrogen and oxygen atoms in total. The molecule has 5 heteroatoms. The molecule has 0 aromatic heterocycles. The molecule has 2 rings (SSSR count). The Morgan fingerprint density at radius 2 is 2.35 bits per heavy atom. The molecule has 0 spiro atoms. The van der Waals surface area contributed by atoms with Gasteiger partial charge in [-0.1, -0.05) is 0 Å². The van der Waals surface area contributed by atoms with Gasteiger partial charge in [-0.25, -0.2) is 4.39 Å². The molecule has 1 aromatic carbocycles. The van der Waals surface area contributed by atoms with Crippen molar-refractivity contribution in [1.82, 2.24) is 10.2 Å². The first-order valence-corrected chi connectivity index (χ1v) is 6.60. The highest BCUT2D eigenvalue weighted by atomic mass is 127. The Labute approximate surface area is 114 Å². The number of benzene rings is 1. The highest BCUT2D eigenvalue weighted by Gasteiger charge is 2.25. The third-order valence-electron chi connectivity index (χ3n) is 3.06. The van der Waals surface area contributed by atoms with Crippen LogP contribution in [0.15, 0.2) is 18.2 Å².